The molecule has 2 aromatic heterocycles. The van der Waals surface area contributed by atoms with Crippen molar-refractivity contribution >= 4 is 31.6 Å². The molecule has 0 bridgehead atoms. The van der Waals surface area contributed by atoms with E-state index in [2.05, 4.69) is 25.1 Å². The Morgan fingerprint density at radius 2 is 1.91 bits per heavy atom. The number of hydrogen-bond donors (Lipinski definition) is 0. The highest BCUT2D eigenvalue weighted by atomic mass is 79.9. The molecule has 0 atom stereocenters. The van der Waals surface area contributed by atoms with Crippen molar-refractivity contribution in [3.05, 3.63) is 22.6 Å². The van der Waals surface area contributed by atoms with Gasteiger partial charge in [0.25, 0.3) is 5.88 Å². The number of hydrogen-bond acceptors (Lipinski definition) is 5. The Morgan fingerprint density at radius 3 is 2.43 bits per heavy atom. The number of ether oxygens (including phenoxy) is 1. The van der Waals surface area contributed by atoms with E-state index in [9.17, 15) is 21.6 Å². The summed E-state index contributed by atoms with van der Waals surface area (Å²) in [5.41, 5.74) is -5.31. The number of rotatable bonds is 4. The van der Waals surface area contributed by atoms with Gasteiger partial charge in [0.05, 0.1) is 16.3 Å². The first kappa shape index (κ1) is 17.9. The molecular weight excluding hydrogens is 405 g/mol. The van der Waals surface area contributed by atoms with Crippen LogP contribution in [0.2, 0.25) is 0 Å². The van der Waals surface area contributed by atoms with Crippen LogP contribution in [0.4, 0.5) is 13.2 Å². The Hall–Kier alpha value is -1.49. The average molecular weight is 417 g/mol. The first-order chi connectivity index (χ1) is 10.4. The van der Waals surface area contributed by atoms with Crippen molar-refractivity contribution in [1.29, 1.82) is 0 Å². The predicted octanol–water partition coefficient (Wildman–Crippen LogP) is 3.42. The van der Waals surface area contributed by atoms with E-state index in [-0.39, 0.29) is 23.1 Å². The van der Waals surface area contributed by atoms with Gasteiger partial charge in [-0.25, -0.2) is 4.98 Å². The van der Waals surface area contributed by atoms with Crippen LogP contribution in [0.1, 0.15) is 19.5 Å². The monoisotopic (exact) mass is 416 g/mol. The van der Waals surface area contributed by atoms with Crippen molar-refractivity contribution in [2.75, 3.05) is 0 Å². The molecule has 0 fully saturated rings. The van der Waals surface area contributed by atoms with Gasteiger partial charge in [0.15, 0.2) is 11.3 Å². The van der Waals surface area contributed by atoms with Crippen LogP contribution < -0.4 is 8.92 Å². The number of aromatic nitrogens is 2. The minimum absolute atomic E-state index is 0.0241. The quantitative estimate of drug-likeness (QED) is 0.564. The Labute approximate surface area is 138 Å². The molecule has 0 aliphatic carbocycles. The van der Waals surface area contributed by atoms with Crippen molar-refractivity contribution in [3.63, 3.8) is 0 Å². The molecule has 23 heavy (non-hydrogen) atoms. The summed E-state index contributed by atoms with van der Waals surface area (Å²) < 4.78 is 71.7. The second-order valence-corrected chi connectivity index (χ2v) is 7.29. The lowest BCUT2D eigenvalue weighted by Crippen LogP contribution is -2.28. The van der Waals surface area contributed by atoms with E-state index < -0.39 is 21.5 Å². The summed E-state index contributed by atoms with van der Waals surface area (Å²) in [7, 11) is -5.84. The van der Waals surface area contributed by atoms with Gasteiger partial charge in [0.2, 0.25) is 0 Å². The van der Waals surface area contributed by atoms with Crippen molar-refractivity contribution in [2.45, 2.75) is 32.4 Å². The maximum Gasteiger partial charge on any atom is 0.534 e. The van der Waals surface area contributed by atoms with Crippen molar-refractivity contribution in [1.82, 2.24) is 9.38 Å². The maximum absolute atomic E-state index is 12.5. The van der Waals surface area contributed by atoms with E-state index in [1.807, 2.05) is 0 Å². The van der Waals surface area contributed by atoms with Gasteiger partial charge in [-0.3, -0.25) is 0 Å². The molecule has 6 nitrogen and oxygen atoms in total. The van der Waals surface area contributed by atoms with E-state index in [0.29, 0.717) is 4.47 Å². The van der Waals surface area contributed by atoms with Crippen LogP contribution in [-0.4, -0.2) is 29.4 Å². The average Bonchev–Trinajstić information content (AvgIpc) is 2.62. The molecule has 0 aromatic carbocycles. The number of aryl methyl sites for hydroxylation is 1. The topological polar surface area (TPSA) is 69.9 Å². The SMILES string of the molecule is Cc1cn2cc(Br)c(OC(C)C)c2c(OS(=O)(=O)C(F)(F)F)n1. The van der Waals surface area contributed by atoms with Gasteiger partial charge in [-0.1, -0.05) is 0 Å². The summed E-state index contributed by atoms with van der Waals surface area (Å²) in [6.45, 7) is 4.92. The van der Waals surface area contributed by atoms with Crippen LogP contribution in [-0.2, 0) is 10.1 Å². The first-order valence-electron chi connectivity index (χ1n) is 6.27. The molecule has 0 N–H and O–H groups in total. The van der Waals surface area contributed by atoms with Crippen LogP contribution >= 0.6 is 15.9 Å². The van der Waals surface area contributed by atoms with E-state index >= 15 is 0 Å². The first-order valence-corrected chi connectivity index (χ1v) is 8.47. The van der Waals surface area contributed by atoms with Gasteiger partial charge in [-0.2, -0.15) is 21.6 Å². The summed E-state index contributed by atoms with van der Waals surface area (Å²) in [6, 6.07) is 0. The summed E-state index contributed by atoms with van der Waals surface area (Å²) in [6.07, 6.45) is 2.71. The Morgan fingerprint density at radius 1 is 1.30 bits per heavy atom. The lowest BCUT2D eigenvalue weighted by atomic mass is 10.4. The molecule has 2 aromatic rings. The van der Waals surface area contributed by atoms with E-state index in [1.54, 1.807) is 13.8 Å². The molecule has 128 valence electrons. The summed E-state index contributed by atoms with van der Waals surface area (Å²) in [5.74, 6) is -0.566. The zero-order valence-corrected chi connectivity index (χ0v) is 14.6. The minimum Gasteiger partial charge on any atom is -0.487 e. The van der Waals surface area contributed by atoms with Gasteiger partial charge < -0.3 is 13.3 Å². The van der Waals surface area contributed by atoms with Crippen LogP contribution in [0.3, 0.4) is 0 Å². The number of alkyl halides is 3. The molecule has 2 rings (SSSR count). The van der Waals surface area contributed by atoms with Gasteiger partial charge in [-0.15, -0.1) is 0 Å². The molecule has 0 saturated carbocycles. The third-order valence-corrected chi connectivity index (χ3v) is 4.08. The number of halogens is 4. The van der Waals surface area contributed by atoms with Gasteiger partial charge in [0, 0.05) is 12.4 Å². The van der Waals surface area contributed by atoms with Crippen molar-refractivity contribution in [2.24, 2.45) is 0 Å². The molecular formula is C12H12BrF3N2O4S. The highest BCUT2D eigenvalue weighted by Crippen LogP contribution is 2.39. The molecule has 0 aliphatic heterocycles. The Balaban J connectivity index is 2.68. The fraction of sp³-hybridized carbons (Fsp3) is 0.417. The van der Waals surface area contributed by atoms with E-state index in [1.165, 1.54) is 23.7 Å². The third kappa shape index (κ3) is 3.55. The standard InChI is InChI=1S/C12H12BrF3N2O4S/c1-6(2)21-10-8(13)5-18-4-7(3)17-11(9(10)18)22-23(19,20)12(14,15)16/h4-6H,1-3H3. The van der Waals surface area contributed by atoms with Crippen LogP contribution in [0.25, 0.3) is 5.52 Å². The smallest absolute Gasteiger partial charge is 0.487 e. The zero-order valence-electron chi connectivity index (χ0n) is 12.2. The van der Waals surface area contributed by atoms with Gasteiger partial charge in [0.1, 0.15) is 0 Å². The molecule has 0 saturated heterocycles. The molecule has 0 radical (unpaired) electrons. The molecule has 0 amide bonds. The van der Waals surface area contributed by atoms with Crippen LogP contribution in [0.15, 0.2) is 16.9 Å². The van der Waals surface area contributed by atoms with Crippen LogP contribution in [0.5, 0.6) is 11.6 Å². The summed E-state index contributed by atoms with van der Waals surface area (Å²) in [4.78, 5) is 3.76. The van der Waals surface area contributed by atoms with Gasteiger partial charge >= 0.3 is 15.6 Å². The molecule has 11 heteroatoms. The fourth-order valence-electron chi connectivity index (χ4n) is 1.79. The van der Waals surface area contributed by atoms with E-state index in [4.69, 9.17) is 4.74 Å². The van der Waals surface area contributed by atoms with Crippen LogP contribution in [0, 0.1) is 6.92 Å². The van der Waals surface area contributed by atoms with E-state index in [0.717, 1.165) is 0 Å². The minimum atomic E-state index is -5.84. The van der Waals surface area contributed by atoms with Crippen molar-refractivity contribution in [3.8, 4) is 11.6 Å². The predicted molar refractivity (Wildman–Crippen MR) is 79.0 cm³/mol. The maximum atomic E-state index is 12.5. The number of fused-ring (bicyclic) bond motifs is 1. The van der Waals surface area contributed by atoms with Gasteiger partial charge in [-0.05, 0) is 36.7 Å². The number of nitrogens with zero attached hydrogens (tertiary/aromatic N) is 2. The molecule has 0 unspecified atom stereocenters. The lowest BCUT2D eigenvalue weighted by molar-refractivity contribution is -0.0501. The normalized spacial score (nSPS) is 12.9. The van der Waals surface area contributed by atoms with Crippen molar-refractivity contribution < 1.29 is 30.5 Å². The largest absolute Gasteiger partial charge is 0.534 e. The summed E-state index contributed by atoms with van der Waals surface area (Å²) >= 11 is 3.22. The zero-order chi connectivity index (χ0) is 17.6. The summed E-state index contributed by atoms with van der Waals surface area (Å²) in [5, 5.41) is 0. The Bertz CT molecular complexity index is 846. The Kier molecular flexibility index (Phi) is 4.55. The second-order valence-electron chi connectivity index (χ2n) is 4.90. The molecule has 2 heterocycles. The third-order valence-electron chi connectivity index (χ3n) is 2.57. The highest BCUT2D eigenvalue weighted by Gasteiger charge is 2.49. The fourth-order valence-corrected chi connectivity index (χ4v) is 2.71. The molecule has 0 spiro atoms. The highest BCUT2D eigenvalue weighted by molar-refractivity contribution is 9.10. The molecule has 0 aliphatic rings. The second kappa shape index (κ2) is 5.86. The lowest BCUT2D eigenvalue weighted by Gasteiger charge is -2.13.